The summed E-state index contributed by atoms with van der Waals surface area (Å²) in [5.74, 6) is 0.488. The Hall–Kier alpha value is -1.88. The van der Waals surface area contributed by atoms with Gasteiger partial charge >= 0.3 is 0 Å². The van der Waals surface area contributed by atoms with Gasteiger partial charge in [-0.2, -0.15) is 0 Å². The van der Waals surface area contributed by atoms with Crippen molar-refractivity contribution in [2.75, 3.05) is 0 Å². The Labute approximate surface area is 132 Å². The largest absolute Gasteiger partial charge is 0.481 e. The first-order valence-electron chi connectivity index (χ1n) is 6.70. The molecule has 110 valence electrons. The van der Waals surface area contributed by atoms with Crippen LogP contribution in [0.25, 0.3) is 0 Å². The van der Waals surface area contributed by atoms with Gasteiger partial charge in [-0.1, -0.05) is 22.0 Å². The van der Waals surface area contributed by atoms with E-state index in [9.17, 15) is 4.79 Å². The predicted molar refractivity (Wildman–Crippen MR) is 85.0 cm³/mol. The number of nitrogens with zero attached hydrogens (tertiary/aromatic N) is 1. The Morgan fingerprint density at radius 2 is 1.90 bits per heavy atom. The average Bonchev–Trinajstić information content (AvgIpc) is 2.50. The number of pyridine rings is 1. The minimum Gasteiger partial charge on any atom is -0.481 e. The van der Waals surface area contributed by atoms with Crippen LogP contribution in [0, 0.1) is 0 Å². The summed E-state index contributed by atoms with van der Waals surface area (Å²) in [6, 6.07) is 12.8. The van der Waals surface area contributed by atoms with E-state index in [0.29, 0.717) is 5.75 Å². The molecular weight excluding hydrogens is 332 g/mol. The maximum Gasteiger partial charge on any atom is 0.261 e. The lowest BCUT2D eigenvalue weighted by molar-refractivity contribution is -0.127. The van der Waals surface area contributed by atoms with Crippen LogP contribution in [0.3, 0.4) is 0 Å². The SMILES string of the molecule is C[C@H](Oc1ccc(Br)cc1)C(=O)N[C@H](C)c1ccccn1. The lowest BCUT2D eigenvalue weighted by Crippen LogP contribution is -2.38. The van der Waals surface area contributed by atoms with Gasteiger partial charge in [0.15, 0.2) is 6.10 Å². The number of rotatable bonds is 5. The second kappa shape index (κ2) is 7.22. The number of nitrogens with one attached hydrogen (secondary N) is 1. The Morgan fingerprint density at radius 3 is 2.52 bits per heavy atom. The third-order valence-electron chi connectivity index (χ3n) is 2.99. The van der Waals surface area contributed by atoms with Crippen molar-refractivity contribution < 1.29 is 9.53 Å². The number of amides is 1. The number of carbonyl (C=O) groups excluding carboxylic acids is 1. The fraction of sp³-hybridized carbons (Fsp3) is 0.250. The molecule has 2 atom stereocenters. The smallest absolute Gasteiger partial charge is 0.261 e. The fourth-order valence-corrected chi connectivity index (χ4v) is 2.07. The van der Waals surface area contributed by atoms with Gasteiger partial charge < -0.3 is 10.1 Å². The van der Waals surface area contributed by atoms with Crippen molar-refractivity contribution in [2.45, 2.75) is 26.0 Å². The van der Waals surface area contributed by atoms with Crippen molar-refractivity contribution >= 4 is 21.8 Å². The zero-order valence-electron chi connectivity index (χ0n) is 11.9. The van der Waals surface area contributed by atoms with Crippen LogP contribution < -0.4 is 10.1 Å². The van der Waals surface area contributed by atoms with Crippen molar-refractivity contribution in [1.29, 1.82) is 0 Å². The van der Waals surface area contributed by atoms with Gasteiger partial charge in [0.05, 0.1) is 11.7 Å². The highest BCUT2D eigenvalue weighted by atomic mass is 79.9. The van der Waals surface area contributed by atoms with Crippen molar-refractivity contribution in [1.82, 2.24) is 10.3 Å². The summed E-state index contributed by atoms with van der Waals surface area (Å²) >= 11 is 3.36. The first-order valence-corrected chi connectivity index (χ1v) is 7.49. The Bertz CT molecular complexity index is 587. The van der Waals surface area contributed by atoms with E-state index in [1.165, 1.54) is 0 Å². The molecule has 0 saturated carbocycles. The summed E-state index contributed by atoms with van der Waals surface area (Å²) in [6.45, 7) is 3.62. The molecular formula is C16H17BrN2O2. The van der Waals surface area contributed by atoms with Crippen molar-refractivity contribution in [2.24, 2.45) is 0 Å². The Kier molecular flexibility index (Phi) is 5.33. The van der Waals surface area contributed by atoms with Crippen LogP contribution in [0.15, 0.2) is 53.1 Å². The molecule has 0 aliphatic heterocycles. The van der Waals surface area contributed by atoms with Gasteiger partial charge in [-0.3, -0.25) is 9.78 Å². The fourth-order valence-electron chi connectivity index (χ4n) is 1.81. The quantitative estimate of drug-likeness (QED) is 0.899. The van der Waals surface area contributed by atoms with Crippen LogP contribution in [0.1, 0.15) is 25.6 Å². The molecule has 2 rings (SSSR count). The molecule has 0 aliphatic carbocycles. The third kappa shape index (κ3) is 4.56. The lowest BCUT2D eigenvalue weighted by atomic mass is 10.2. The van der Waals surface area contributed by atoms with Gasteiger partial charge in [-0.15, -0.1) is 0 Å². The number of benzene rings is 1. The molecule has 1 heterocycles. The summed E-state index contributed by atoms with van der Waals surface area (Å²) < 4.78 is 6.58. The summed E-state index contributed by atoms with van der Waals surface area (Å²) in [7, 11) is 0. The maximum atomic E-state index is 12.1. The van der Waals surface area contributed by atoms with Crippen LogP contribution >= 0.6 is 15.9 Å². The maximum absolute atomic E-state index is 12.1. The molecule has 1 N–H and O–H groups in total. The van der Waals surface area contributed by atoms with Crippen LogP contribution in [0.4, 0.5) is 0 Å². The van der Waals surface area contributed by atoms with Crippen LogP contribution in [-0.2, 0) is 4.79 Å². The molecule has 0 saturated heterocycles. The normalized spacial score (nSPS) is 13.3. The van der Waals surface area contributed by atoms with E-state index in [1.54, 1.807) is 13.1 Å². The summed E-state index contributed by atoms with van der Waals surface area (Å²) in [6.07, 6.45) is 1.14. The molecule has 0 radical (unpaired) electrons. The summed E-state index contributed by atoms with van der Waals surface area (Å²) in [5.41, 5.74) is 0.821. The number of hydrogen-bond donors (Lipinski definition) is 1. The molecule has 4 nitrogen and oxygen atoms in total. The zero-order valence-corrected chi connectivity index (χ0v) is 13.5. The second-order valence-corrected chi connectivity index (χ2v) is 5.61. The number of hydrogen-bond acceptors (Lipinski definition) is 3. The van der Waals surface area contributed by atoms with Gasteiger partial charge in [-0.05, 0) is 50.2 Å². The van der Waals surface area contributed by atoms with Gasteiger partial charge in [0, 0.05) is 10.7 Å². The summed E-state index contributed by atoms with van der Waals surface area (Å²) in [5, 5.41) is 2.89. The topological polar surface area (TPSA) is 51.2 Å². The van der Waals surface area contributed by atoms with Gasteiger partial charge in [0.2, 0.25) is 0 Å². The van der Waals surface area contributed by atoms with E-state index >= 15 is 0 Å². The van der Waals surface area contributed by atoms with Crippen LogP contribution in [0.5, 0.6) is 5.75 Å². The average molecular weight is 349 g/mol. The van der Waals surface area contributed by atoms with Crippen LogP contribution in [0.2, 0.25) is 0 Å². The molecule has 0 spiro atoms. The number of halogens is 1. The van der Waals surface area contributed by atoms with Gasteiger partial charge in [0.25, 0.3) is 5.91 Å². The lowest BCUT2D eigenvalue weighted by Gasteiger charge is -2.18. The first kappa shape index (κ1) is 15.5. The Morgan fingerprint density at radius 1 is 1.19 bits per heavy atom. The second-order valence-electron chi connectivity index (χ2n) is 4.70. The highest BCUT2D eigenvalue weighted by Crippen LogP contribution is 2.17. The van der Waals surface area contributed by atoms with Crippen molar-refractivity contribution in [3.63, 3.8) is 0 Å². The van der Waals surface area contributed by atoms with Crippen molar-refractivity contribution in [3.8, 4) is 5.75 Å². The number of aromatic nitrogens is 1. The molecule has 1 aromatic heterocycles. The molecule has 0 aliphatic rings. The molecule has 2 aromatic rings. The number of carbonyl (C=O) groups is 1. The minimum absolute atomic E-state index is 0.158. The van der Waals surface area contributed by atoms with Gasteiger partial charge in [-0.25, -0.2) is 0 Å². The van der Waals surface area contributed by atoms with E-state index in [2.05, 4.69) is 26.2 Å². The first-order chi connectivity index (χ1) is 10.1. The highest BCUT2D eigenvalue weighted by molar-refractivity contribution is 9.10. The molecule has 0 unspecified atom stereocenters. The van der Waals surface area contributed by atoms with E-state index in [1.807, 2.05) is 49.4 Å². The monoisotopic (exact) mass is 348 g/mol. The van der Waals surface area contributed by atoms with E-state index < -0.39 is 6.10 Å². The van der Waals surface area contributed by atoms with E-state index in [-0.39, 0.29) is 11.9 Å². The van der Waals surface area contributed by atoms with Gasteiger partial charge in [0.1, 0.15) is 5.75 Å². The third-order valence-corrected chi connectivity index (χ3v) is 3.51. The standard InChI is InChI=1S/C16H17BrN2O2/c1-11(15-5-3-4-10-18-15)19-16(20)12(2)21-14-8-6-13(17)7-9-14/h3-12H,1-2H3,(H,19,20)/t11-,12+/m1/s1. The highest BCUT2D eigenvalue weighted by Gasteiger charge is 2.18. The molecule has 0 fully saturated rings. The molecule has 0 bridgehead atoms. The van der Waals surface area contributed by atoms with E-state index in [0.717, 1.165) is 10.2 Å². The van der Waals surface area contributed by atoms with E-state index in [4.69, 9.17) is 4.74 Å². The molecule has 21 heavy (non-hydrogen) atoms. The zero-order chi connectivity index (χ0) is 15.2. The van der Waals surface area contributed by atoms with Crippen LogP contribution in [-0.4, -0.2) is 17.0 Å². The minimum atomic E-state index is -0.572. The predicted octanol–water partition coefficient (Wildman–Crippen LogP) is 3.49. The molecule has 1 amide bonds. The van der Waals surface area contributed by atoms with Crippen molar-refractivity contribution in [3.05, 3.63) is 58.8 Å². The molecule has 5 heteroatoms. The Balaban J connectivity index is 1.92. The molecule has 1 aromatic carbocycles. The number of ether oxygens (including phenoxy) is 1. The summed E-state index contributed by atoms with van der Waals surface area (Å²) in [4.78, 5) is 16.3.